The summed E-state index contributed by atoms with van der Waals surface area (Å²) >= 11 is 0. The third-order valence-corrected chi connectivity index (χ3v) is 3.35. The molecular weight excluding hydrogens is 282 g/mol. The molecule has 1 aromatic carbocycles. The third-order valence-electron chi connectivity index (χ3n) is 3.35. The summed E-state index contributed by atoms with van der Waals surface area (Å²) in [5, 5.41) is 16.5. The van der Waals surface area contributed by atoms with Crippen LogP contribution in [-0.4, -0.2) is 27.8 Å². The van der Waals surface area contributed by atoms with Crippen LogP contribution in [0.5, 0.6) is 5.75 Å². The average molecular weight is 297 g/mol. The van der Waals surface area contributed by atoms with Gasteiger partial charge in [-0.1, -0.05) is 23.4 Å². The van der Waals surface area contributed by atoms with Crippen molar-refractivity contribution in [1.82, 2.24) is 10.3 Å². The molecule has 1 atom stereocenters. The molecule has 0 saturated carbocycles. The first-order valence-electron chi connectivity index (χ1n) is 6.93. The first-order chi connectivity index (χ1) is 10.7. The number of benzene rings is 1. The molecule has 0 bridgehead atoms. The molecule has 0 fully saturated rings. The second kappa shape index (κ2) is 6.26. The number of aromatic nitrogens is 1. The molecule has 0 spiro atoms. The molecule has 1 amide bonds. The van der Waals surface area contributed by atoms with Gasteiger partial charge in [0, 0.05) is 18.2 Å². The number of nitrogens with zero attached hydrogens (tertiary/aromatic N) is 2. The van der Waals surface area contributed by atoms with Crippen molar-refractivity contribution in [3.63, 3.8) is 0 Å². The Labute approximate surface area is 127 Å². The first-order valence-corrected chi connectivity index (χ1v) is 6.93. The van der Waals surface area contributed by atoms with E-state index in [0.717, 1.165) is 5.69 Å². The maximum atomic E-state index is 12.1. The largest absolute Gasteiger partial charge is 0.507 e. The smallest absolute Gasteiger partial charge is 0.264 e. The SMILES string of the molecule is O=C(NCc1ccccn1)[C@H]1CC(c2ccccc2O)=NO1. The van der Waals surface area contributed by atoms with Crippen LogP contribution in [0.1, 0.15) is 17.7 Å². The van der Waals surface area contributed by atoms with E-state index < -0.39 is 6.10 Å². The Morgan fingerprint density at radius 3 is 2.86 bits per heavy atom. The predicted molar refractivity (Wildman–Crippen MR) is 80.2 cm³/mol. The van der Waals surface area contributed by atoms with Gasteiger partial charge in [-0.25, -0.2) is 0 Å². The van der Waals surface area contributed by atoms with Crippen LogP contribution in [0.2, 0.25) is 0 Å². The van der Waals surface area contributed by atoms with E-state index in [1.807, 2.05) is 18.2 Å². The van der Waals surface area contributed by atoms with Crippen molar-refractivity contribution in [3.05, 3.63) is 59.9 Å². The summed E-state index contributed by atoms with van der Waals surface area (Å²) in [5.41, 5.74) is 1.93. The molecule has 0 saturated heterocycles. The maximum absolute atomic E-state index is 12.1. The number of hydrogen-bond donors (Lipinski definition) is 2. The monoisotopic (exact) mass is 297 g/mol. The molecule has 2 N–H and O–H groups in total. The summed E-state index contributed by atoms with van der Waals surface area (Å²) in [6.45, 7) is 0.339. The van der Waals surface area contributed by atoms with Crippen LogP contribution in [0, 0.1) is 0 Å². The van der Waals surface area contributed by atoms with E-state index >= 15 is 0 Å². The summed E-state index contributed by atoms with van der Waals surface area (Å²) < 4.78 is 0. The number of phenols is 1. The number of oxime groups is 1. The molecule has 1 aliphatic rings. The van der Waals surface area contributed by atoms with Crippen molar-refractivity contribution in [2.24, 2.45) is 5.16 Å². The first kappa shape index (κ1) is 14.1. The highest BCUT2D eigenvalue weighted by Gasteiger charge is 2.29. The lowest BCUT2D eigenvalue weighted by Gasteiger charge is -2.09. The van der Waals surface area contributed by atoms with Crippen molar-refractivity contribution < 1.29 is 14.7 Å². The number of nitrogens with one attached hydrogen (secondary N) is 1. The predicted octanol–water partition coefficient (Wildman–Crippen LogP) is 1.60. The molecule has 22 heavy (non-hydrogen) atoms. The average Bonchev–Trinajstić information content (AvgIpc) is 3.04. The number of phenolic OH excluding ortho intramolecular Hbond substituents is 1. The highest BCUT2D eigenvalue weighted by molar-refractivity contribution is 6.05. The lowest BCUT2D eigenvalue weighted by molar-refractivity contribution is -0.131. The highest BCUT2D eigenvalue weighted by Crippen LogP contribution is 2.23. The van der Waals surface area contributed by atoms with Gasteiger partial charge < -0.3 is 15.3 Å². The fourth-order valence-corrected chi connectivity index (χ4v) is 2.19. The molecule has 1 aromatic heterocycles. The number of carbonyl (C=O) groups excluding carboxylic acids is 1. The molecule has 2 heterocycles. The molecule has 3 rings (SSSR count). The number of amides is 1. The van der Waals surface area contributed by atoms with Gasteiger partial charge in [-0.3, -0.25) is 9.78 Å². The Bertz CT molecular complexity index is 701. The van der Waals surface area contributed by atoms with Gasteiger partial charge in [0.2, 0.25) is 6.10 Å². The minimum Gasteiger partial charge on any atom is -0.507 e. The number of pyridine rings is 1. The van der Waals surface area contributed by atoms with Crippen molar-refractivity contribution in [2.75, 3.05) is 0 Å². The Hall–Kier alpha value is -2.89. The van der Waals surface area contributed by atoms with E-state index in [0.29, 0.717) is 24.2 Å². The molecule has 0 unspecified atom stereocenters. The van der Waals surface area contributed by atoms with Gasteiger partial charge in [0.25, 0.3) is 5.91 Å². The minimum absolute atomic E-state index is 0.124. The number of rotatable bonds is 4. The summed E-state index contributed by atoms with van der Waals surface area (Å²) in [4.78, 5) is 21.4. The zero-order valence-electron chi connectivity index (χ0n) is 11.8. The maximum Gasteiger partial charge on any atom is 0.264 e. The van der Waals surface area contributed by atoms with Crippen LogP contribution < -0.4 is 5.32 Å². The van der Waals surface area contributed by atoms with Crippen LogP contribution in [0.4, 0.5) is 0 Å². The fraction of sp³-hybridized carbons (Fsp3) is 0.188. The summed E-state index contributed by atoms with van der Waals surface area (Å²) in [6, 6.07) is 12.4. The normalized spacial score (nSPS) is 16.7. The molecular formula is C16H15N3O3. The minimum atomic E-state index is -0.682. The summed E-state index contributed by atoms with van der Waals surface area (Å²) in [5.74, 6) is -0.126. The van der Waals surface area contributed by atoms with Gasteiger partial charge >= 0.3 is 0 Å². The van der Waals surface area contributed by atoms with Crippen LogP contribution >= 0.6 is 0 Å². The fourth-order valence-electron chi connectivity index (χ4n) is 2.19. The van der Waals surface area contributed by atoms with Gasteiger partial charge in [-0.2, -0.15) is 0 Å². The van der Waals surface area contributed by atoms with Crippen molar-refractivity contribution >= 4 is 11.6 Å². The molecule has 6 nitrogen and oxygen atoms in total. The molecule has 0 aliphatic carbocycles. The quantitative estimate of drug-likeness (QED) is 0.897. The van der Waals surface area contributed by atoms with E-state index in [2.05, 4.69) is 15.5 Å². The Kier molecular flexibility index (Phi) is 4.00. The number of carbonyl (C=O) groups is 1. The van der Waals surface area contributed by atoms with E-state index in [9.17, 15) is 9.90 Å². The van der Waals surface area contributed by atoms with Crippen molar-refractivity contribution in [1.29, 1.82) is 0 Å². The van der Waals surface area contributed by atoms with Gasteiger partial charge in [0.15, 0.2) is 0 Å². The molecule has 1 aliphatic heterocycles. The molecule has 112 valence electrons. The van der Waals surface area contributed by atoms with Crippen LogP contribution in [-0.2, 0) is 16.2 Å². The number of aromatic hydroxyl groups is 1. The lowest BCUT2D eigenvalue weighted by Crippen LogP contribution is -2.34. The Morgan fingerprint density at radius 1 is 1.27 bits per heavy atom. The Morgan fingerprint density at radius 2 is 2.09 bits per heavy atom. The summed E-state index contributed by atoms with van der Waals surface area (Å²) in [7, 11) is 0. The van der Waals surface area contributed by atoms with E-state index in [-0.39, 0.29) is 11.7 Å². The standard InChI is InChI=1S/C16H15N3O3/c20-14-7-2-1-6-12(14)13-9-15(22-19-13)16(21)18-10-11-5-3-4-8-17-11/h1-8,15,20H,9-10H2,(H,18,21)/t15-/m1/s1. The number of hydrogen-bond acceptors (Lipinski definition) is 5. The van der Waals surface area contributed by atoms with E-state index in [1.54, 1.807) is 30.5 Å². The van der Waals surface area contributed by atoms with Gasteiger partial charge in [0.1, 0.15) is 5.75 Å². The van der Waals surface area contributed by atoms with Crippen LogP contribution in [0.3, 0.4) is 0 Å². The van der Waals surface area contributed by atoms with E-state index in [1.165, 1.54) is 0 Å². The second-order valence-corrected chi connectivity index (χ2v) is 4.89. The van der Waals surface area contributed by atoms with Crippen molar-refractivity contribution in [2.45, 2.75) is 19.1 Å². The lowest BCUT2D eigenvalue weighted by atomic mass is 10.0. The number of para-hydroxylation sites is 1. The van der Waals surface area contributed by atoms with Crippen LogP contribution in [0.15, 0.2) is 53.8 Å². The van der Waals surface area contributed by atoms with Gasteiger partial charge in [-0.15, -0.1) is 0 Å². The third kappa shape index (κ3) is 3.06. The zero-order chi connectivity index (χ0) is 15.4. The Balaban J connectivity index is 1.57. The topological polar surface area (TPSA) is 83.8 Å². The zero-order valence-corrected chi connectivity index (χ0v) is 11.8. The van der Waals surface area contributed by atoms with Crippen molar-refractivity contribution in [3.8, 4) is 5.75 Å². The molecule has 6 heteroatoms. The van der Waals surface area contributed by atoms with E-state index in [4.69, 9.17) is 4.84 Å². The van der Waals surface area contributed by atoms with Gasteiger partial charge in [0.05, 0.1) is 18.0 Å². The highest BCUT2D eigenvalue weighted by atomic mass is 16.6. The molecule has 2 aromatic rings. The molecule has 0 radical (unpaired) electrons. The van der Waals surface area contributed by atoms with Crippen LogP contribution in [0.25, 0.3) is 0 Å². The van der Waals surface area contributed by atoms with Gasteiger partial charge in [-0.05, 0) is 24.3 Å². The summed E-state index contributed by atoms with van der Waals surface area (Å²) in [6.07, 6.45) is 1.32. The second-order valence-electron chi connectivity index (χ2n) is 4.89.